The van der Waals surface area contributed by atoms with Crippen LogP contribution in [0.3, 0.4) is 0 Å². The van der Waals surface area contributed by atoms with Gasteiger partial charge >= 0.3 is 6.36 Å². The molecule has 0 aliphatic carbocycles. The monoisotopic (exact) mass is 335 g/mol. The summed E-state index contributed by atoms with van der Waals surface area (Å²) in [4.78, 5) is 14.4. The second kappa shape index (κ2) is 6.19. The third-order valence-corrected chi connectivity index (χ3v) is 3.93. The van der Waals surface area contributed by atoms with Crippen molar-refractivity contribution in [2.75, 3.05) is 11.4 Å². The SMILES string of the molecule is Cc1ccc2c(c1)CCCN2C(=O)c1ccc(OC(F)(F)F)cc1. The zero-order chi connectivity index (χ0) is 17.3. The summed E-state index contributed by atoms with van der Waals surface area (Å²) in [6.45, 7) is 2.59. The van der Waals surface area contributed by atoms with Crippen LogP contribution in [0.1, 0.15) is 27.9 Å². The Labute approximate surface area is 137 Å². The van der Waals surface area contributed by atoms with Gasteiger partial charge in [0.2, 0.25) is 0 Å². The molecule has 2 aromatic rings. The molecule has 3 nitrogen and oxygen atoms in total. The molecule has 6 heteroatoms. The minimum atomic E-state index is -4.74. The maximum absolute atomic E-state index is 12.7. The molecule has 0 radical (unpaired) electrons. The van der Waals surface area contributed by atoms with E-state index in [-0.39, 0.29) is 11.7 Å². The minimum absolute atomic E-state index is 0.224. The molecule has 0 fully saturated rings. The first-order valence-electron chi connectivity index (χ1n) is 7.61. The van der Waals surface area contributed by atoms with Gasteiger partial charge in [-0.25, -0.2) is 0 Å². The van der Waals surface area contributed by atoms with E-state index in [0.717, 1.165) is 41.8 Å². The van der Waals surface area contributed by atoms with Gasteiger partial charge in [-0.1, -0.05) is 17.7 Å². The van der Waals surface area contributed by atoms with Gasteiger partial charge in [-0.15, -0.1) is 13.2 Å². The molecule has 1 aliphatic heterocycles. The smallest absolute Gasteiger partial charge is 0.406 e. The second-order valence-corrected chi connectivity index (χ2v) is 5.76. The van der Waals surface area contributed by atoms with Crippen LogP contribution < -0.4 is 9.64 Å². The van der Waals surface area contributed by atoms with E-state index in [1.54, 1.807) is 4.90 Å². The fraction of sp³-hybridized carbons (Fsp3) is 0.278. The fourth-order valence-electron chi connectivity index (χ4n) is 2.89. The summed E-state index contributed by atoms with van der Waals surface area (Å²) in [5, 5.41) is 0. The maximum Gasteiger partial charge on any atom is 0.573 e. The van der Waals surface area contributed by atoms with Gasteiger partial charge in [-0.2, -0.15) is 0 Å². The molecular weight excluding hydrogens is 319 g/mol. The van der Waals surface area contributed by atoms with Crippen LogP contribution in [0, 0.1) is 6.92 Å². The predicted octanol–water partition coefficient (Wildman–Crippen LogP) is 4.49. The molecule has 3 rings (SSSR count). The Morgan fingerprint density at radius 2 is 1.83 bits per heavy atom. The zero-order valence-electron chi connectivity index (χ0n) is 13.1. The van der Waals surface area contributed by atoms with Gasteiger partial charge in [0.1, 0.15) is 5.75 Å². The summed E-state index contributed by atoms with van der Waals surface area (Å²) in [7, 11) is 0. The lowest BCUT2D eigenvalue weighted by Crippen LogP contribution is -2.35. The van der Waals surface area contributed by atoms with Crippen molar-refractivity contribution in [3.63, 3.8) is 0 Å². The Balaban J connectivity index is 1.83. The molecule has 0 N–H and O–H groups in total. The van der Waals surface area contributed by atoms with Crippen LogP contribution in [0.4, 0.5) is 18.9 Å². The summed E-state index contributed by atoms with van der Waals surface area (Å²) in [6.07, 6.45) is -2.97. The summed E-state index contributed by atoms with van der Waals surface area (Å²) < 4.78 is 40.4. The zero-order valence-corrected chi connectivity index (χ0v) is 13.1. The lowest BCUT2D eigenvalue weighted by molar-refractivity contribution is -0.274. The number of rotatable bonds is 2. The summed E-state index contributed by atoms with van der Waals surface area (Å²) in [5.41, 5.74) is 3.45. The van der Waals surface area contributed by atoms with E-state index >= 15 is 0 Å². The third-order valence-electron chi connectivity index (χ3n) is 3.93. The van der Waals surface area contributed by atoms with Gasteiger partial charge < -0.3 is 9.64 Å². The average molecular weight is 335 g/mol. The topological polar surface area (TPSA) is 29.5 Å². The third kappa shape index (κ3) is 3.53. The van der Waals surface area contributed by atoms with Gasteiger partial charge in [-0.05, 0) is 55.7 Å². The Bertz CT molecular complexity index is 754. The highest BCUT2D eigenvalue weighted by molar-refractivity contribution is 6.06. The molecule has 0 saturated heterocycles. The molecule has 0 spiro atoms. The van der Waals surface area contributed by atoms with E-state index in [0.29, 0.717) is 12.1 Å². The minimum Gasteiger partial charge on any atom is -0.406 e. The normalized spacial score (nSPS) is 14.2. The quantitative estimate of drug-likeness (QED) is 0.809. The molecule has 1 heterocycles. The molecule has 24 heavy (non-hydrogen) atoms. The van der Waals surface area contributed by atoms with E-state index < -0.39 is 6.36 Å². The van der Waals surface area contributed by atoms with Crippen molar-refractivity contribution in [2.45, 2.75) is 26.1 Å². The van der Waals surface area contributed by atoms with E-state index in [9.17, 15) is 18.0 Å². The Morgan fingerprint density at radius 3 is 2.50 bits per heavy atom. The van der Waals surface area contributed by atoms with Crippen molar-refractivity contribution >= 4 is 11.6 Å². The van der Waals surface area contributed by atoms with Crippen molar-refractivity contribution in [1.82, 2.24) is 0 Å². The predicted molar refractivity (Wildman–Crippen MR) is 84.3 cm³/mol. The van der Waals surface area contributed by atoms with Gasteiger partial charge in [0, 0.05) is 17.8 Å². The lowest BCUT2D eigenvalue weighted by atomic mass is 9.99. The number of anilines is 1. The van der Waals surface area contributed by atoms with Crippen molar-refractivity contribution in [1.29, 1.82) is 0 Å². The first-order chi connectivity index (χ1) is 11.3. The highest BCUT2D eigenvalue weighted by Crippen LogP contribution is 2.30. The number of halogens is 3. The van der Waals surface area contributed by atoms with Crippen LogP contribution in [0.5, 0.6) is 5.75 Å². The van der Waals surface area contributed by atoms with E-state index in [4.69, 9.17) is 0 Å². The summed E-state index contributed by atoms with van der Waals surface area (Å²) >= 11 is 0. The molecule has 126 valence electrons. The van der Waals surface area contributed by atoms with E-state index in [1.165, 1.54) is 12.1 Å². The largest absolute Gasteiger partial charge is 0.573 e. The first-order valence-corrected chi connectivity index (χ1v) is 7.61. The molecule has 1 aliphatic rings. The highest BCUT2D eigenvalue weighted by atomic mass is 19.4. The number of aryl methyl sites for hydroxylation is 2. The van der Waals surface area contributed by atoms with Crippen molar-refractivity contribution in [3.05, 3.63) is 59.2 Å². The van der Waals surface area contributed by atoms with E-state index in [2.05, 4.69) is 10.8 Å². The highest BCUT2D eigenvalue weighted by Gasteiger charge is 2.31. The Morgan fingerprint density at radius 1 is 1.12 bits per heavy atom. The molecule has 0 unspecified atom stereocenters. The second-order valence-electron chi connectivity index (χ2n) is 5.76. The van der Waals surface area contributed by atoms with Crippen molar-refractivity contribution in [3.8, 4) is 5.75 Å². The molecule has 0 bridgehead atoms. The summed E-state index contributed by atoms with van der Waals surface area (Å²) in [5.74, 6) is -0.563. The molecule has 1 amide bonds. The molecule has 2 aromatic carbocycles. The molecule has 0 atom stereocenters. The van der Waals surface area contributed by atoms with Crippen LogP contribution >= 0.6 is 0 Å². The number of hydrogen-bond donors (Lipinski definition) is 0. The van der Waals surface area contributed by atoms with Crippen LogP contribution in [-0.4, -0.2) is 18.8 Å². The number of alkyl halides is 3. The van der Waals surface area contributed by atoms with Crippen molar-refractivity contribution < 1.29 is 22.7 Å². The fourth-order valence-corrected chi connectivity index (χ4v) is 2.89. The first kappa shape index (κ1) is 16.4. The lowest BCUT2D eigenvalue weighted by Gasteiger charge is -2.30. The number of fused-ring (bicyclic) bond motifs is 1. The van der Waals surface area contributed by atoms with Crippen LogP contribution in [0.15, 0.2) is 42.5 Å². The van der Waals surface area contributed by atoms with Crippen LogP contribution in [0.2, 0.25) is 0 Å². The number of carbonyl (C=O) groups excluding carboxylic acids is 1. The van der Waals surface area contributed by atoms with Gasteiger partial charge in [0.25, 0.3) is 5.91 Å². The average Bonchev–Trinajstić information content (AvgIpc) is 2.52. The number of benzene rings is 2. The Kier molecular flexibility index (Phi) is 4.22. The van der Waals surface area contributed by atoms with Gasteiger partial charge in [0.05, 0.1) is 0 Å². The van der Waals surface area contributed by atoms with E-state index in [1.807, 2.05) is 19.1 Å². The number of carbonyl (C=O) groups is 1. The number of amides is 1. The van der Waals surface area contributed by atoms with Crippen LogP contribution in [-0.2, 0) is 6.42 Å². The number of hydrogen-bond acceptors (Lipinski definition) is 2. The standard InChI is InChI=1S/C18H16F3NO2/c1-12-4-9-16-14(11-12)3-2-10-22(16)17(23)13-5-7-15(8-6-13)24-18(19,20)21/h4-9,11H,2-3,10H2,1H3. The van der Waals surface area contributed by atoms with Crippen LogP contribution in [0.25, 0.3) is 0 Å². The molecule has 0 saturated carbocycles. The number of nitrogens with zero attached hydrogens (tertiary/aromatic N) is 1. The van der Waals surface area contributed by atoms with Crippen molar-refractivity contribution in [2.24, 2.45) is 0 Å². The molecular formula is C18H16F3NO2. The summed E-state index contributed by atoms with van der Waals surface area (Å²) in [6, 6.07) is 10.9. The Hall–Kier alpha value is -2.50. The molecule has 0 aromatic heterocycles. The maximum atomic E-state index is 12.7. The van der Waals surface area contributed by atoms with Gasteiger partial charge in [0.15, 0.2) is 0 Å². The number of ether oxygens (including phenoxy) is 1. The van der Waals surface area contributed by atoms with Gasteiger partial charge in [-0.3, -0.25) is 4.79 Å².